The molecule has 67 heavy (non-hydrogen) atoms. The molecule has 0 aliphatic carbocycles. The first-order valence-corrected chi connectivity index (χ1v) is 24.9. The van der Waals surface area contributed by atoms with Crippen LogP contribution in [-0.2, 0) is 16.2 Å². The van der Waals surface area contributed by atoms with Gasteiger partial charge in [-0.05, 0) is 159 Å². The number of benzene rings is 8. The zero-order chi connectivity index (χ0) is 46.9. The Labute approximate surface area is 403 Å². The molecule has 2 nitrogen and oxygen atoms in total. The van der Waals surface area contributed by atoms with Crippen LogP contribution in [0.1, 0.15) is 95.7 Å². The fourth-order valence-corrected chi connectivity index (χ4v) is 12.3. The molecule has 3 heterocycles. The predicted octanol–water partition coefficient (Wildman–Crippen LogP) is 16.9. The molecular weight excluding hydrogens is 828 g/mol. The molecule has 0 unspecified atom stereocenters. The molecular formula is C63H61BN2S. The first-order valence-electron chi connectivity index (χ1n) is 24.1. The number of hydrogen-bond acceptors (Lipinski definition) is 3. The van der Waals surface area contributed by atoms with Gasteiger partial charge in [0.05, 0.1) is 5.69 Å². The standard InChI is InChI=1S/C63H61BN2S/c1-38-30-39(2)59(40(3)31-38)42-32-51-47-28-24-45(63(10,11)12)35-54(47)66(46-26-22-43(23-27-46)61(4,5)6)64-52-37-58-50(48-20-16-17-21-57(48)67-58)36-55(52)65(56(33-42)60(51)64)53-29-25-44(62(7,8)9)34-49(53)41-18-14-13-15-19-41/h13-37H,1-12H3. The summed E-state index contributed by atoms with van der Waals surface area (Å²) >= 11 is 1.91. The molecule has 2 aliphatic rings. The first kappa shape index (κ1) is 43.2. The highest BCUT2D eigenvalue weighted by molar-refractivity contribution is 7.26. The number of anilines is 5. The van der Waals surface area contributed by atoms with Gasteiger partial charge in [0, 0.05) is 54.0 Å². The number of nitrogens with zero attached hydrogens (tertiary/aromatic N) is 2. The van der Waals surface area contributed by atoms with Gasteiger partial charge in [0.2, 0.25) is 0 Å². The van der Waals surface area contributed by atoms with Crippen molar-refractivity contribution in [1.29, 1.82) is 0 Å². The smallest absolute Gasteiger partial charge is 0.333 e. The topological polar surface area (TPSA) is 6.48 Å². The van der Waals surface area contributed by atoms with E-state index in [9.17, 15) is 0 Å². The average molecular weight is 889 g/mol. The van der Waals surface area contributed by atoms with Crippen LogP contribution < -0.4 is 20.6 Å². The number of rotatable bonds is 4. The van der Waals surface area contributed by atoms with Crippen LogP contribution in [0.5, 0.6) is 0 Å². The molecule has 0 saturated carbocycles. The Morgan fingerprint density at radius 1 is 0.433 bits per heavy atom. The predicted molar refractivity (Wildman–Crippen MR) is 294 cm³/mol. The third-order valence-corrected chi connectivity index (χ3v) is 15.7. The second-order valence-corrected chi connectivity index (χ2v) is 23.6. The Balaban J connectivity index is 1.32. The van der Waals surface area contributed by atoms with Gasteiger partial charge < -0.3 is 9.71 Å². The zero-order valence-electron chi connectivity index (χ0n) is 41.3. The Kier molecular flexibility index (Phi) is 9.90. The van der Waals surface area contributed by atoms with E-state index in [2.05, 4.69) is 244 Å². The minimum absolute atomic E-state index is 0.0316. The van der Waals surface area contributed by atoms with E-state index in [1.54, 1.807) is 0 Å². The van der Waals surface area contributed by atoms with Crippen molar-refractivity contribution in [3.8, 4) is 33.4 Å². The highest BCUT2D eigenvalue weighted by Crippen LogP contribution is 2.52. The van der Waals surface area contributed by atoms with Gasteiger partial charge in [-0.25, -0.2) is 0 Å². The zero-order valence-corrected chi connectivity index (χ0v) is 42.1. The molecule has 2 aliphatic heterocycles. The van der Waals surface area contributed by atoms with Crippen LogP contribution in [0.2, 0.25) is 0 Å². The van der Waals surface area contributed by atoms with E-state index in [1.165, 1.54) is 126 Å². The van der Waals surface area contributed by atoms with Crippen molar-refractivity contribution >= 4 is 77.7 Å². The summed E-state index contributed by atoms with van der Waals surface area (Å²) in [6.45, 7) is 27.6. The van der Waals surface area contributed by atoms with E-state index in [0.717, 1.165) is 0 Å². The van der Waals surface area contributed by atoms with Crippen LogP contribution >= 0.6 is 11.3 Å². The molecule has 0 saturated heterocycles. The lowest BCUT2D eigenvalue weighted by molar-refractivity contribution is 0.590. The van der Waals surface area contributed by atoms with E-state index in [1.807, 2.05) is 11.3 Å². The summed E-state index contributed by atoms with van der Waals surface area (Å²) in [5.74, 6) is 0. The van der Waals surface area contributed by atoms with Crippen molar-refractivity contribution < 1.29 is 0 Å². The maximum Gasteiger partial charge on any atom is 0.333 e. The van der Waals surface area contributed by atoms with E-state index in [-0.39, 0.29) is 23.1 Å². The van der Waals surface area contributed by atoms with Crippen molar-refractivity contribution in [2.75, 3.05) is 9.71 Å². The fourth-order valence-electron chi connectivity index (χ4n) is 11.1. The molecule has 4 heteroatoms. The summed E-state index contributed by atoms with van der Waals surface area (Å²) in [7, 11) is 0. The van der Waals surface area contributed by atoms with Crippen molar-refractivity contribution in [2.24, 2.45) is 0 Å². The van der Waals surface area contributed by atoms with Crippen molar-refractivity contribution in [2.45, 2.75) is 99.3 Å². The molecule has 0 bridgehead atoms. The maximum absolute atomic E-state index is 2.70. The van der Waals surface area contributed by atoms with E-state index >= 15 is 0 Å². The SMILES string of the molecule is Cc1cc(C)c(-c2cc3c4c(c2)N(c2ccc(C(C)(C)C)cc2-c2ccccc2)c2cc5c(cc2B4N(c2ccc(C(C)(C)C)cc2)c2cc(C(C)(C)C)ccc2-3)sc2ccccc25)c(C)c1. The summed E-state index contributed by atoms with van der Waals surface area (Å²) in [4.78, 5) is 5.35. The van der Waals surface area contributed by atoms with Gasteiger partial charge in [-0.1, -0.05) is 159 Å². The average Bonchev–Trinajstić information content (AvgIpc) is 3.65. The lowest BCUT2D eigenvalue weighted by Gasteiger charge is -2.46. The van der Waals surface area contributed by atoms with E-state index in [0.29, 0.717) is 0 Å². The van der Waals surface area contributed by atoms with Crippen LogP contribution in [-0.4, -0.2) is 6.85 Å². The molecule has 9 aromatic rings. The molecule has 0 N–H and O–H groups in total. The molecule has 0 amide bonds. The monoisotopic (exact) mass is 888 g/mol. The molecule has 0 radical (unpaired) electrons. The molecule has 332 valence electrons. The Morgan fingerprint density at radius 3 is 1.75 bits per heavy atom. The summed E-state index contributed by atoms with van der Waals surface area (Å²) < 4.78 is 2.63. The van der Waals surface area contributed by atoms with Gasteiger partial charge in [0.1, 0.15) is 0 Å². The summed E-state index contributed by atoms with van der Waals surface area (Å²) in [6.07, 6.45) is 0. The Morgan fingerprint density at radius 2 is 1.06 bits per heavy atom. The third kappa shape index (κ3) is 7.14. The molecule has 0 spiro atoms. The Bertz CT molecular complexity index is 3420. The number of hydrogen-bond donors (Lipinski definition) is 0. The van der Waals surface area contributed by atoms with Gasteiger partial charge in [-0.15, -0.1) is 11.3 Å². The number of thiophene rings is 1. The Hall–Kier alpha value is -6.36. The first-order chi connectivity index (χ1) is 31.8. The molecule has 8 aromatic carbocycles. The number of aryl methyl sites for hydroxylation is 3. The lowest BCUT2D eigenvalue weighted by Crippen LogP contribution is -2.61. The van der Waals surface area contributed by atoms with Crippen molar-refractivity contribution in [1.82, 2.24) is 0 Å². The van der Waals surface area contributed by atoms with Crippen LogP contribution in [0.4, 0.5) is 28.4 Å². The fraction of sp³-hybridized carbons (Fsp3) is 0.238. The van der Waals surface area contributed by atoms with Crippen molar-refractivity contribution in [3.63, 3.8) is 0 Å². The van der Waals surface area contributed by atoms with Crippen LogP contribution in [0, 0.1) is 20.8 Å². The van der Waals surface area contributed by atoms with E-state index < -0.39 is 0 Å². The van der Waals surface area contributed by atoms with Gasteiger partial charge in [0.25, 0.3) is 0 Å². The van der Waals surface area contributed by atoms with Crippen LogP contribution in [0.15, 0.2) is 152 Å². The summed E-state index contributed by atoms with van der Waals surface area (Å²) in [5, 5.41) is 2.61. The number of fused-ring (bicyclic) bond motifs is 7. The molecule has 1 aromatic heterocycles. The lowest BCUT2D eigenvalue weighted by atomic mass is 9.43. The quantitative estimate of drug-likeness (QED) is 0.162. The second-order valence-electron chi connectivity index (χ2n) is 22.5. The maximum atomic E-state index is 2.70. The summed E-state index contributed by atoms with van der Waals surface area (Å²) in [5.41, 5.74) is 24.1. The molecule has 0 fully saturated rings. The normalized spacial score (nSPS) is 13.6. The highest BCUT2D eigenvalue weighted by Gasteiger charge is 2.46. The van der Waals surface area contributed by atoms with E-state index in [4.69, 9.17) is 0 Å². The van der Waals surface area contributed by atoms with Gasteiger partial charge in [0.15, 0.2) is 0 Å². The van der Waals surface area contributed by atoms with Gasteiger partial charge in [-0.2, -0.15) is 0 Å². The largest absolute Gasteiger partial charge is 0.376 e. The highest BCUT2D eigenvalue weighted by atomic mass is 32.1. The van der Waals surface area contributed by atoms with Gasteiger partial charge in [-0.3, -0.25) is 0 Å². The second kappa shape index (κ2) is 15.3. The van der Waals surface area contributed by atoms with Gasteiger partial charge >= 0.3 is 6.85 Å². The minimum Gasteiger partial charge on any atom is -0.376 e. The molecule has 0 atom stereocenters. The minimum atomic E-state index is -0.114. The third-order valence-electron chi connectivity index (χ3n) is 14.6. The van der Waals surface area contributed by atoms with Crippen LogP contribution in [0.25, 0.3) is 53.6 Å². The van der Waals surface area contributed by atoms with Crippen LogP contribution in [0.3, 0.4) is 0 Å². The summed E-state index contributed by atoms with van der Waals surface area (Å²) in [6, 6.07) is 59.0. The molecule has 11 rings (SSSR count). The van der Waals surface area contributed by atoms with Crippen molar-refractivity contribution in [3.05, 3.63) is 185 Å².